The molecule has 0 radical (unpaired) electrons. The fourth-order valence-corrected chi connectivity index (χ4v) is 2.33. The first-order chi connectivity index (χ1) is 13.9. The lowest BCUT2D eigenvalue weighted by Gasteiger charge is -2.15. The number of ether oxygens (including phenoxy) is 1. The molecule has 0 aromatic heterocycles. The predicted octanol–water partition coefficient (Wildman–Crippen LogP) is 0.0322. The molecule has 1 aliphatic heterocycles. The van der Waals surface area contributed by atoms with Gasteiger partial charge in [0.1, 0.15) is 12.1 Å². The first-order valence-electron chi connectivity index (χ1n) is 8.42. The Morgan fingerprint density at radius 2 is 1.77 bits per heavy atom. The van der Waals surface area contributed by atoms with Crippen LogP contribution >= 0.6 is 0 Å². The van der Waals surface area contributed by atoms with Crippen LogP contribution in [0.15, 0.2) is 12.1 Å². The van der Waals surface area contributed by atoms with Crippen LogP contribution in [0, 0.1) is 17.5 Å². The van der Waals surface area contributed by atoms with E-state index in [1.54, 1.807) is 0 Å². The van der Waals surface area contributed by atoms with Gasteiger partial charge in [-0.2, -0.15) is 0 Å². The van der Waals surface area contributed by atoms with Crippen LogP contribution in [-0.2, 0) is 23.9 Å². The van der Waals surface area contributed by atoms with Crippen molar-refractivity contribution in [2.75, 3.05) is 25.0 Å². The molecule has 0 bridgehead atoms. The van der Waals surface area contributed by atoms with Crippen molar-refractivity contribution in [1.29, 1.82) is 0 Å². The predicted molar refractivity (Wildman–Crippen MR) is 93.2 cm³/mol. The van der Waals surface area contributed by atoms with Gasteiger partial charge in [-0.25, -0.2) is 18.0 Å². The molecule has 1 heterocycles. The maximum absolute atomic E-state index is 13.5. The van der Waals surface area contributed by atoms with Crippen LogP contribution in [0.1, 0.15) is 13.8 Å². The molecule has 0 atom stereocenters. The minimum absolute atomic E-state index is 0.610. The number of carbonyl (C=O) groups is 5. The summed E-state index contributed by atoms with van der Waals surface area (Å²) in [5.74, 6) is -8.36. The Kier molecular flexibility index (Phi) is 6.64. The fraction of sp³-hybridized carbons (Fsp3) is 0.353. The second-order valence-corrected chi connectivity index (χ2v) is 6.65. The van der Waals surface area contributed by atoms with E-state index in [2.05, 4.69) is 10.1 Å². The van der Waals surface area contributed by atoms with Gasteiger partial charge in [0.2, 0.25) is 5.91 Å². The number of esters is 1. The molecule has 2 rings (SSSR count). The molecule has 0 unspecified atom stereocenters. The standard InChI is InChI=1S/C17H17F3N4O6/c1-17(2)15(28)24(16(29)23-17)6-12(27)30-7-11(26)21-5-10(25)22-9-4-3-8(18)13(19)14(9)20/h3-4H,5-7H2,1-2H3,(H,21,26)(H,22,25)(H,23,29). The van der Waals surface area contributed by atoms with Crippen LogP contribution in [0.2, 0.25) is 0 Å². The van der Waals surface area contributed by atoms with E-state index in [4.69, 9.17) is 0 Å². The van der Waals surface area contributed by atoms with Gasteiger partial charge in [-0.05, 0) is 26.0 Å². The summed E-state index contributed by atoms with van der Waals surface area (Å²) in [5, 5.41) is 6.34. The van der Waals surface area contributed by atoms with Crippen LogP contribution in [0.4, 0.5) is 23.7 Å². The maximum Gasteiger partial charge on any atom is 0.326 e. The summed E-state index contributed by atoms with van der Waals surface area (Å²) in [6.45, 7) is 0.679. The fourth-order valence-electron chi connectivity index (χ4n) is 2.33. The lowest BCUT2D eigenvalue weighted by Crippen LogP contribution is -2.41. The second kappa shape index (κ2) is 8.80. The van der Waals surface area contributed by atoms with Gasteiger partial charge in [0.15, 0.2) is 24.1 Å². The van der Waals surface area contributed by atoms with E-state index < -0.39 is 78.1 Å². The molecular formula is C17H17F3N4O6. The molecule has 1 saturated heterocycles. The van der Waals surface area contributed by atoms with Crippen LogP contribution in [0.3, 0.4) is 0 Å². The molecule has 0 spiro atoms. The lowest BCUT2D eigenvalue weighted by molar-refractivity contribution is -0.151. The van der Waals surface area contributed by atoms with Crippen molar-refractivity contribution in [2.24, 2.45) is 0 Å². The van der Waals surface area contributed by atoms with Crippen molar-refractivity contribution in [3.8, 4) is 0 Å². The van der Waals surface area contributed by atoms with Gasteiger partial charge in [-0.3, -0.25) is 24.1 Å². The van der Waals surface area contributed by atoms with Crippen molar-refractivity contribution in [1.82, 2.24) is 15.5 Å². The average Bonchev–Trinajstić information content (AvgIpc) is 2.86. The number of imide groups is 1. The molecule has 162 valence electrons. The Labute approximate surface area is 167 Å². The van der Waals surface area contributed by atoms with Gasteiger partial charge in [-0.1, -0.05) is 0 Å². The highest BCUT2D eigenvalue weighted by Gasteiger charge is 2.45. The zero-order chi connectivity index (χ0) is 22.6. The van der Waals surface area contributed by atoms with E-state index in [1.807, 2.05) is 10.6 Å². The molecule has 5 amide bonds. The summed E-state index contributed by atoms with van der Waals surface area (Å²) >= 11 is 0. The first kappa shape index (κ1) is 22.6. The molecule has 3 N–H and O–H groups in total. The summed E-state index contributed by atoms with van der Waals surface area (Å²) in [6, 6.07) is 0.623. The molecule has 0 aliphatic carbocycles. The van der Waals surface area contributed by atoms with Gasteiger partial charge < -0.3 is 20.7 Å². The molecule has 30 heavy (non-hydrogen) atoms. The topological polar surface area (TPSA) is 134 Å². The summed E-state index contributed by atoms with van der Waals surface area (Å²) in [7, 11) is 0. The SMILES string of the molecule is CC1(C)NC(=O)N(CC(=O)OCC(=O)NCC(=O)Nc2ccc(F)c(F)c2F)C1=O. The third-order valence-corrected chi connectivity index (χ3v) is 3.85. The number of anilines is 1. The minimum Gasteiger partial charge on any atom is -0.454 e. The van der Waals surface area contributed by atoms with E-state index in [0.717, 1.165) is 6.07 Å². The number of hydrogen-bond donors (Lipinski definition) is 3. The van der Waals surface area contributed by atoms with Crippen LogP contribution in [0.5, 0.6) is 0 Å². The number of urea groups is 1. The van der Waals surface area contributed by atoms with E-state index in [-0.39, 0.29) is 0 Å². The zero-order valence-corrected chi connectivity index (χ0v) is 15.8. The van der Waals surface area contributed by atoms with Gasteiger partial charge in [-0.15, -0.1) is 0 Å². The molecule has 1 fully saturated rings. The smallest absolute Gasteiger partial charge is 0.326 e. The first-order valence-corrected chi connectivity index (χ1v) is 8.42. The number of halogens is 3. The minimum atomic E-state index is -1.77. The quantitative estimate of drug-likeness (QED) is 0.318. The highest BCUT2D eigenvalue weighted by molar-refractivity contribution is 6.08. The monoisotopic (exact) mass is 430 g/mol. The Morgan fingerprint density at radius 3 is 2.37 bits per heavy atom. The highest BCUT2D eigenvalue weighted by Crippen LogP contribution is 2.19. The number of nitrogens with zero attached hydrogens (tertiary/aromatic N) is 1. The van der Waals surface area contributed by atoms with Crippen molar-refractivity contribution >= 4 is 35.4 Å². The van der Waals surface area contributed by atoms with Crippen LogP contribution in [0.25, 0.3) is 0 Å². The van der Waals surface area contributed by atoms with Crippen molar-refractivity contribution in [2.45, 2.75) is 19.4 Å². The number of amides is 5. The lowest BCUT2D eigenvalue weighted by atomic mass is 10.1. The molecule has 13 heteroatoms. The van der Waals surface area contributed by atoms with Crippen molar-refractivity contribution < 1.29 is 41.9 Å². The largest absolute Gasteiger partial charge is 0.454 e. The van der Waals surface area contributed by atoms with Crippen LogP contribution < -0.4 is 16.0 Å². The zero-order valence-electron chi connectivity index (χ0n) is 15.8. The Bertz CT molecular complexity index is 921. The van der Waals surface area contributed by atoms with E-state index in [1.165, 1.54) is 13.8 Å². The number of nitrogens with one attached hydrogen (secondary N) is 3. The molecule has 0 saturated carbocycles. The molecule has 1 aromatic carbocycles. The third-order valence-electron chi connectivity index (χ3n) is 3.85. The molecule has 1 aliphatic rings. The molecule has 1 aromatic rings. The van der Waals surface area contributed by atoms with Crippen molar-refractivity contribution in [3.63, 3.8) is 0 Å². The number of carbonyl (C=O) groups excluding carboxylic acids is 5. The number of benzene rings is 1. The number of hydrogen-bond acceptors (Lipinski definition) is 6. The molecule has 10 nitrogen and oxygen atoms in total. The molecular weight excluding hydrogens is 413 g/mol. The maximum atomic E-state index is 13.5. The van der Waals surface area contributed by atoms with Gasteiger partial charge in [0.25, 0.3) is 11.8 Å². The van der Waals surface area contributed by atoms with E-state index in [0.29, 0.717) is 11.0 Å². The van der Waals surface area contributed by atoms with Crippen LogP contribution in [-0.4, -0.2) is 59.9 Å². The second-order valence-electron chi connectivity index (χ2n) is 6.65. The van der Waals surface area contributed by atoms with Crippen molar-refractivity contribution in [3.05, 3.63) is 29.6 Å². The Morgan fingerprint density at radius 1 is 1.10 bits per heavy atom. The average molecular weight is 430 g/mol. The summed E-state index contributed by atoms with van der Waals surface area (Å²) < 4.78 is 44.0. The van der Waals surface area contributed by atoms with E-state index in [9.17, 15) is 37.1 Å². The Balaban J connectivity index is 1.75. The summed E-state index contributed by atoms with van der Waals surface area (Å²) in [6.07, 6.45) is 0. The van der Waals surface area contributed by atoms with Gasteiger partial charge >= 0.3 is 12.0 Å². The third kappa shape index (κ3) is 5.24. The Hall–Kier alpha value is -3.64. The van der Waals surface area contributed by atoms with E-state index >= 15 is 0 Å². The summed E-state index contributed by atoms with van der Waals surface area (Å²) in [5.41, 5.74) is -1.80. The number of rotatable bonds is 7. The van der Waals surface area contributed by atoms with Gasteiger partial charge in [0, 0.05) is 0 Å². The highest BCUT2D eigenvalue weighted by atomic mass is 19.2. The normalized spacial score (nSPS) is 14.9. The van der Waals surface area contributed by atoms with Gasteiger partial charge in [0.05, 0.1) is 12.2 Å². The summed E-state index contributed by atoms with van der Waals surface area (Å²) in [4.78, 5) is 59.2.